The quantitative estimate of drug-likeness (QED) is 0.250. The number of nitrogens with zero attached hydrogens (tertiary/aromatic N) is 2. The fraction of sp³-hybridized carbons (Fsp3) is 0.321. The van der Waals surface area contributed by atoms with Gasteiger partial charge in [-0.25, -0.2) is 22.0 Å². The Kier molecular flexibility index (Phi) is 7.54. The molecule has 2 aromatic carbocycles. The third-order valence-electron chi connectivity index (χ3n) is 7.63. The lowest BCUT2D eigenvalue weighted by Crippen LogP contribution is -2.52. The third kappa shape index (κ3) is 4.71. The highest BCUT2D eigenvalue weighted by Gasteiger charge is 2.54. The van der Waals surface area contributed by atoms with Gasteiger partial charge in [-0.15, -0.1) is 11.6 Å². The molecule has 1 aliphatic heterocycles. The fourth-order valence-electron chi connectivity index (χ4n) is 5.57. The summed E-state index contributed by atoms with van der Waals surface area (Å²) in [4.78, 5) is 31.2. The molecule has 6 nitrogen and oxygen atoms in total. The number of halogens is 6. The number of anilines is 1. The zero-order valence-corrected chi connectivity index (χ0v) is 21.5. The van der Waals surface area contributed by atoms with Crippen molar-refractivity contribution < 1.29 is 36.6 Å². The number of alkyl halides is 3. The number of fused-ring (bicyclic) bond motifs is 1. The van der Waals surface area contributed by atoms with Gasteiger partial charge in [0.15, 0.2) is 23.1 Å². The fourth-order valence-corrected chi connectivity index (χ4v) is 5.94. The molecule has 5 rings (SSSR count). The normalized spacial score (nSPS) is 26.2. The number of nitrogens with one attached hydrogen (secondary N) is 1. The Morgan fingerprint density at radius 1 is 1.07 bits per heavy atom. The summed E-state index contributed by atoms with van der Waals surface area (Å²) in [6.07, 6.45) is -0.240. The minimum Gasteiger partial charge on any atom is -0.372 e. The molecule has 2 amide bonds. The molecule has 1 aromatic heterocycles. The van der Waals surface area contributed by atoms with Crippen molar-refractivity contribution in [3.8, 4) is 0 Å². The highest BCUT2D eigenvalue weighted by molar-refractivity contribution is 6.21. The predicted molar refractivity (Wildman–Crippen MR) is 135 cm³/mol. The van der Waals surface area contributed by atoms with Crippen molar-refractivity contribution in [3.63, 3.8) is 0 Å². The second kappa shape index (κ2) is 10.8. The van der Waals surface area contributed by atoms with Crippen LogP contribution in [-0.4, -0.2) is 46.3 Å². The first-order chi connectivity index (χ1) is 19.0. The number of aromatic nitrogens is 1. The lowest BCUT2D eigenvalue weighted by Gasteiger charge is -2.40. The standard InChI is InChI=1S/C28H23ClF5N3O3/c29-19-11-21(36-26(38)14-4-3-9-35-12-14)16(25(33)34)10-15(19)13-37-22-6-2-1-5-17(22)28(40,27(37)39)18-7-8-20(30)24(32)23(18)31/h1-9,12,15-16,19,21,25,40H,10-11,13H2,(H,36,38)/t15-,16-,19-,21-,28-/m1/s1. The van der Waals surface area contributed by atoms with E-state index in [4.69, 9.17) is 11.6 Å². The summed E-state index contributed by atoms with van der Waals surface area (Å²) in [6.45, 7) is -0.218. The largest absolute Gasteiger partial charge is 0.372 e. The maximum absolute atomic E-state index is 14.8. The summed E-state index contributed by atoms with van der Waals surface area (Å²) in [7, 11) is 0. The number of carbonyl (C=O) groups excluding carboxylic acids is 2. The van der Waals surface area contributed by atoms with Crippen LogP contribution in [0.3, 0.4) is 0 Å². The SMILES string of the molecule is O=C(N[C@@H]1C[C@@H](Cl)[C@@H](CN2C(=O)[C@](O)(c3ccc(F)c(F)c3F)c3ccccc32)C[C@H]1C(F)F)c1cccnc1. The Bertz CT molecular complexity index is 1450. The molecule has 1 aliphatic carbocycles. The maximum atomic E-state index is 14.8. The third-order valence-corrected chi connectivity index (χ3v) is 8.16. The van der Waals surface area contributed by atoms with Crippen molar-refractivity contribution in [1.29, 1.82) is 0 Å². The van der Waals surface area contributed by atoms with Gasteiger partial charge in [0.2, 0.25) is 6.43 Å². The molecule has 40 heavy (non-hydrogen) atoms. The molecular formula is C28H23ClF5N3O3. The highest BCUT2D eigenvalue weighted by Crippen LogP contribution is 2.47. The van der Waals surface area contributed by atoms with Gasteiger partial charge in [-0.2, -0.15) is 0 Å². The van der Waals surface area contributed by atoms with Crippen LogP contribution in [0.1, 0.15) is 34.3 Å². The van der Waals surface area contributed by atoms with E-state index < -0.39 is 70.1 Å². The molecule has 1 fully saturated rings. The maximum Gasteiger partial charge on any atom is 0.268 e. The molecule has 0 bridgehead atoms. The van der Waals surface area contributed by atoms with Gasteiger partial charge in [-0.3, -0.25) is 14.6 Å². The molecule has 1 saturated carbocycles. The highest BCUT2D eigenvalue weighted by atomic mass is 35.5. The number of benzene rings is 2. The van der Waals surface area contributed by atoms with Gasteiger partial charge in [0.1, 0.15) is 0 Å². The van der Waals surface area contributed by atoms with Gasteiger partial charge in [-0.05, 0) is 49.1 Å². The number of hydrogen-bond acceptors (Lipinski definition) is 4. The zero-order valence-electron chi connectivity index (χ0n) is 20.7. The first-order valence-electron chi connectivity index (χ1n) is 12.4. The minimum absolute atomic E-state index is 0.0288. The Morgan fingerprint density at radius 2 is 1.82 bits per heavy atom. The monoisotopic (exact) mass is 579 g/mol. The topological polar surface area (TPSA) is 82.5 Å². The van der Waals surface area contributed by atoms with E-state index in [-0.39, 0.29) is 36.2 Å². The summed E-state index contributed by atoms with van der Waals surface area (Å²) in [5.41, 5.74) is -3.18. The van der Waals surface area contributed by atoms with E-state index in [1.54, 1.807) is 12.1 Å². The van der Waals surface area contributed by atoms with Gasteiger partial charge >= 0.3 is 0 Å². The van der Waals surface area contributed by atoms with E-state index in [2.05, 4.69) is 10.3 Å². The van der Waals surface area contributed by atoms with Crippen molar-refractivity contribution in [1.82, 2.24) is 10.3 Å². The van der Waals surface area contributed by atoms with E-state index >= 15 is 0 Å². The molecule has 2 heterocycles. The van der Waals surface area contributed by atoms with E-state index in [9.17, 15) is 36.6 Å². The van der Waals surface area contributed by atoms with Gasteiger partial charge in [0.05, 0.1) is 11.3 Å². The van der Waals surface area contributed by atoms with E-state index in [0.29, 0.717) is 6.07 Å². The molecule has 2 N–H and O–H groups in total. The molecule has 2 aliphatic rings. The van der Waals surface area contributed by atoms with Crippen molar-refractivity contribution in [2.24, 2.45) is 11.8 Å². The molecule has 0 saturated heterocycles. The summed E-state index contributed by atoms with van der Waals surface area (Å²) in [5.74, 6) is -8.68. The smallest absolute Gasteiger partial charge is 0.268 e. The Balaban J connectivity index is 1.41. The van der Waals surface area contributed by atoms with Crippen LogP contribution in [-0.2, 0) is 10.4 Å². The molecule has 0 unspecified atom stereocenters. The first-order valence-corrected chi connectivity index (χ1v) is 12.9. The number of pyridine rings is 1. The van der Waals surface area contributed by atoms with Crippen LogP contribution >= 0.6 is 11.6 Å². The summed E-state index contributed by atoms with van der Waals surface area (Å²) >= 11 is 6.62. The van der Waals surface area contributed by atoms with Gasteiger partial charge in [0, 0.05) is 47.4 Å². The van der Waals surface area contributed by atoms with Gasteiger partial charge in [0.25, 0.3) is 11.8 Å². The van der Waals surface area contributed by atoms with Crippen LogP contribution in [0.5, 0.6) is 0 Å². The Labute approximate surface area is 230 Å². The number of amides is 2. The number of carbonyl (C=O) groups is 2. The summed E-state index contributed by atoms with van der Waals surface area (Å²) in [6, 6.07) is 9.32. The van der Waals surface area contributed by atoms with E-state index in [0.717, 1.165) is 11.0 Å². The first kappa shape index (κ1) is 28.0. The van der Waals surface area contributed by atoms with Crippen LogP contribution in [0.15, 0.2) is 60.9 Å². The average Bonchev–Trinajstić information content (AvgIpc) is 3.15. The number of hydrogen-bond donors (Lipinski definition) is 2. The van der Waals surface area contributed by atoms with Gasteiger partial charge in [-0.1, -0.05) is 18.2 Å². The lowest BCUT2D eigenvalue weighted by atomic mass is 9.77. The molecule has 5 atom stereocenters. The predicted octanol–water partition coefficient (Wildman–Crippen LogP) is 4.78. The second-order valence-corrected chi connectivity index (χ2v) is 10.5. The second-order valence-electron chi connectivity index (χ2n) is 9.93. The lowest BCUT2D eigenvalue weighted by molar-refractivity contribution is -0.132. The molecule has 12 heteroatoms. The average molecular weight is 580 g/mol. The number of aliphatic hydroxyl groups is 1. The zero-order chi connectivity index (χ0) is 28.8. The van der Waals surface area contributed by atoms with Crippen molar-refractivity contribution in [2.75, 3.05) is 11.4 Å². The van der Waals surface area contributed by atoms with Crippen LogP contribution in [0, 0.1) is 29.3 Å². The minimum atomic E-state index is -2.82. The van der Waals surface area contributed by atoms with E-state index in [1.807, 2.05) is 0 Å². The van der Waals surface area contributed by atoms with Crippen LogP contribution in [0.2, 0.25) is 0 Å². The molecule has 3 aromatic rings. The van der Waals surface area contributed by atoms with Gasteiger partial charge < -0.3 is 15.3 Å². The molecule has 0 spiro atoms. The molecule has 210 valence electrons. The Morgan fingerprint density at radius 3 is 2.52 bits per heavy atom. The Hall–Kier alpha value is -3.57. The van der Waals surface area contributed by atoms with Crippen LogP contribution in [0.25, 0.3) is 0 Å². The summed E-state index contributed by atoms with van der Waals surface area (Å²) < 4.78 is 70.8. The van der Waals surface area contributed by atoms with Crippen LogP contribution in [0.4, 0.5) is 27.6 Å². The summed E-state index contributed by atoms with van der Waals surface area (Å²) in [5, 5.41) is 13.4. The van der Waals surface area contributed by atoms with E-state index in [1.165, 1.54) is 36.7 Å². The van der Waals surface area contributed by atoms with Crippen molar-refractivity contribution in [2.45, 2.75) is 36.3 Å². The van der Waals surface area contributed by atoms with Crippen LogP contribution < -0.4 is 10.2 Å². The number of rotatable bonds is 6. The molecule has 0 radical (unpaired) electrons. The number of para-hydroxylation sites is 1. The van der Waals surface area contributed by atoms with Crippen molar-refractivity contribution >= 4 is 29.1 Å². The molecular weight excluding hydrogens is 557 g/mol. The van der Waals surface area contributed by atoms with Crippen molar-refractivity contribution in [3.05, 3.63) is 95.1 Å².